The van der Waals surface area contributed by atoms with Gasteiger partial charge in [0.25, 0.3) is 0 Å². The van der Waals surface area contributed by atoms with Crippen molar-refractivity contribution in [3.8, 4) is 11.5 Å². The molecule has 3 aromatic carbocycles. The van der Waals surface area contributed by atoms with Crippen LogP contribution < -0.4 is 4.74 Å². The second kappa shape index (κ2) is 6.48. The summed E-state index contributed by atoms with van der Waals surface area (Å²) in [5.74, 6) is -2.24. The van der Waals surface area contributed by atoms with E-state index in [9.17, 15) is 20.0 Å². The highest BCUT2D eigenvalue weighted by molar-refractivity contribution is 5.92. The van der Waals surface area contributed by atoms with Gasteiger partial charge in [-0.3, -0.25) is 10.1 Å². The van der Waals surface area contributed by atoms with E-state index >= 15 is 0 Å². The second-order valence-corrected chi connectivity index (χ2v) is 5.33. The summed E-state index contributed by atoms with van der Waals surface area (Å²) in [5.41, 5.74) is -0.256. The number of carbonyl (C=O) groups is 1. The van der Waals surface area contributed by atoms with Crippen molar-refractivity contribution in [2.75, 3.05) is 0 Å². The lowest BCUT2D eigenvalue weighted by atomic mass is 10.1. The normalized spacial score (nSPS) is 10.6. The number of fused-ring (bicyclic) bond motifs is 1. The first-order valence-electron chi connectivity index (χ1n) is 7.31. The molecule has 0 radical (unpaired) electrons. The van der Waals surface area contributed by atoms with Gasteiger partial charge in [0.2, 0.25) is 5.75 Å². The number of carboxylic acids is 1. The summed E-state index contributed by atoms with van der Waals surface area (Å²) >= 11 is 0. The number of nitro groups is 1. The summed E-state index contributed by atoms with van der Waals surface area (Å²) in [6.07, 6.45) is 0. The third-order valence-electron chi connectivity index (χ3n) is 3.77. The minimum atomic E-state index is -1.46. The molecular formula is C18H13NO6. The Morgan fingerprint density at radius 2 is 1.84 bits per heavy atom. The molecule has 0 aromatic heterocycles. The van der Waals surface area contributed by atoms with E-state index in [2.05, 4.69) is 0 Å². The number of carboxylic acid groups (broad SMARTS) is 1. The molecule has 0 aliphatic carbocycles. The molecule has 0 fully saturated rings. The van der Waals surface area contributed by atoms with Crippen molar-refractivity contribution in [2.45, 2.75) is 6.61 Å². The zero-order chi connectivity index (χ0) is 18.0. The van der Waals surface area contributed by atoms with Crippen LogP contribution in [0.3, 0.4) is 0 Å². The van der Waals surface area contributed by atoms with Crippen molar-refractivity contribution in [1.82, 2.24) is 0 Å². The average molecular weight is 339 g/mol. The Hall–Kier alpha value is -3.61. The Balaban J connectivity index is 1.96. The van der Waals surface area contributed by atoms with E-state index in [1.54, 1.807) is 0 Å². The van der Waals surface area contributed by atoms with Crippen LogP contribution in [0.1, 0.15) is 15.9 Å². The molecule has 0 aliphatic heterocycles. The average Bonchev–Trinajstić information content (AvgIpc) is 2.59. The zero-order valence-corrected chi connectivity index (χ0v) is 12.9. The van der Waals surface area contributed by atoms with Gasteiger partial charge in [-0.15, -0.1) is 0 Å². The topological polar surface area (TPSA) is 110 Å². The molecule has 0 bridgehead atoms. The molecule has 126 valence electrons. The molecule has 7 nitrogen and oxygen atoms in total. The maximum atomic E-state index is 11.2. The molecule has 7 heteroatoms. The molecule has 0 atom stereocenters. The zero-order valence-electron chi connectivity index (χ0n) is 12.9. The van der Waals surface area contributed by atoms with Crippen molar-refractivity contribution in [3.05, 3.63) is 75.8 Å². The van der Waals surface area contributed by atoms with E-state index in [0.29, 0.717) is 0 Å². The molecule has 0 spiro atoms. The monoisotopic (exact) mass is 339 g/mol. The maximum Gasteiger partial charge on any atom is 0.339 e. The van der Waals surface area contributed by atoms with E-state index in [1.807, 2.05) is 42.5 Å². The summed E-state index contributed by atoms with van der Waals surface area (Å²) < 4.78 is 5.51. The van der Waals surface area contributed by atoms with Crippen molar-refractivity contribution < 1.29 is 24.7 Å². The Labute approximate surface area is 141 Å². The van der Waals surface area contributed by atoms with E-state index in [1.165, 1.54) is 0 Å². The van der Waals surface area contributed by atoms with Gasteiger partial charge in [-0.1, -0.05) is 42.5 Å². The Morgan fingerprint density at radius 1 is 1.12 bits per heavy atom. The molecule has 3 rings (SSSR count). The lowest BCUT2D eigenvalue weighted by Crippen LogP contribution is -2.03. The van der Waals surface area contributed by atoms with Gasteiger partial charge < -0.3 is 14.9 Å². The van der Waals surface area contributed by atoms with E-state index in [4.69, 9.17) is 9.84 Å². The first kappa shape index (κ1) is 16.3. The van der Waals surface area contributed by atoms with Crippen LogP contribution in [0.4, 0.5) is 5.69 Å². The number of phenols is 1. The summed E-state index contributed by atoms with van der Waals surface area (Å²) in [5, 5.41) is 31.8. The van der Waals surface area contributed by atoms with Gasteiger partial charge in [0.05, 0.1) is 4.92 Å². The van der Waals surface area contributed by atoms with Crippen molar-refractivity contribution in [1.29, 1.82) is 0 Å². The first-order valence-corrected chi connectivity index (χ1v) is 7.31. The molecule has 0 saturated heterocycles. The highest BCUT2D eigenvalue weighted by atomic mass is 16.6. The van der Waals surface area contributed by atoms with Crippen LogP contribution in [-0.2, 0) is 6.61 Å². The van der Waals surface area contributed by atoms with Crippen LogP contribution in [0.15, 0.2) is 54.6 Å². The van der Waals surface area contributed by atoms with E-state index in [0.717, 1.165) is 28.5 Å². The summed E-state index contributed by atoms with van der Waals surface area (Å²) in [4.78, 5) is 21.4. The lowest BCUT2D eigenvalue weighted by Gasteiger charge is -2.10. The Kier molecular flexibility index (Phi) is 4.21. The highest BCUT2D eigenvalue weighted by Gasteiger charge is 2.22. The quantitative estimate of drug-likeness (QED) is 0.541. The van der Waals surface area contributed by atoms with Gasteiger partial charge in [-0.05, 0) is 16.3 Å². The first-order chi connectivity index (χ1) is 12.0. The molecule has 0 unspecified atom stereocenters. The molecule has 3 aromatic rings. The summed E-state index contributed by atoms with van der Waals surface area (Å²) in [6.45, 7) is 0.0358. The molecule has 0 saturated carbocycles. The standard InChI is InChI=1S/C18H13NO6/c20-16-9-17(15(19(23)24)8-14(16)18(21)22)25-10-12-6-3-5-11-4-1-2-7-13(11)12/h1-9,20H,10H2,(H,21,22). The molecule has 25 heavy (non-hydrogen) atoms. The SMILES string of the molecule is O=C(O)c1cc([N+](=O)[O-])c(OCc2cccc3ccccc23)cc1O. The van der Waals surface area contributed by atoms with Gasteiger partial charge >= 0.3 is 11.7 Å². The number of rotatable bonds is 5. The molecule has 0 heterocycles. The van der Waals surface area contributed by atoms with Crippen LogP contribution in [-0.4, -0.2) is 21.1 Å². The van der Waals surface area contributed by atoms with Gasteiger partial charge in [0.15, 0.2) is 0 Å². The van der Waals surface area contributed by atoms with Crippen molar-refractivity contribution >= 4 is 22.4 Å². The predicted octanol–water partition coefficient (Wildman–Crippen LogP) is 3.73. The van der Waals surface area contributed by atoms with Gasteiger partial charge in [-0.2, -0.15) is 0 Å². The van der Waals surface area contributed by atoms with Crippen molar-refractivity contribution in [3.63, 3.8) is 0 Å². The van der Waals surface area contributed by atoms with Crippen LogP contribution in [0.5, 0.6) is 11.5 Å². The summed E-state index contributed by atoms with van der Waals surface area (Å²) in [6, 6.07) is 15.0. The number of nitro benzene ring substituents is 1. The van der Waals surface area contributed by atoms with Crippen LogP contribution >= 0.6 is 0 Å². The fourth-order valence-corrected chi connectivity index (χ4v) is 2.56. The third kappa shape index (κ3) is 3.20. The van der Waals surface area contributed by atoms with E-state index < -0.39 is 27.9 Å². The van der Waals surface area contributed by atoms with Crippen molar-refractivity contribution in [2.24, 2.45) is 0 Å². The molecule has 0 aliphatic rings. The third-order valence-corrected chi connectivity index (χ3v) is 3.77. The maximum absolute atomic E-state index is 11.2. The number of hydrogen-bond donors (Lipinski definition) is 2. The molecule has 0 amide bonds. The number of hydrogen-bond acceptors (Lipinski definition) is 5. The molecule has 2 N–H and O–H groups in total. The second-order valence-electron chi connectivity index (χ2n) is 5.33. The van der Waals surface area contributed by atoms with Crippen LogP contribution in [0.2, 0.25) is 0 Å². The molecular weight excluding hydrogens is 326 g/mol. The lowest BCUT2D eigenvalue weighted by molar-refractivity contribution is -0.386. The minimum Gasteiger partial charge on any atom is -0.507 e. The van der Waals surface area contributed by atoms with Crippen LogP contribution in [0, 0.1) is 10.1 Å². The highest BCUT2D eigenvalue weighted by Crippen LogP contribution is 2.35. The number of benzene rings is 3. The predicted molar refractivity (Wildman–Crippen MR) is 90.0 cm³/mol. The fraction of sp³-hybridized carbons (Fsp3) is 0.0556. The largest absolute Gasteiger partial charge is 0.507 e. The van der Waals surface area contributed by atoms with Crippen LogP contribution in [0.25, 0.3) is 10.8 Å². The minimum absolute atomic E-state index is 0.0358. The van der Waals surface area contributed by atoms with E-state index in [-0.39, 0.29) is 12.4 Å². The Bertz CT molecular complexity index is 977. The number of nitrogens with zero attached hydrogens (tertiary/aromatic N) is 1. The Morgan fingerprint density at radius 3 is 2.56 bits per heavy atom. The number of aromatic carboxylic acids is 1. The van der Waals surface area contributed by atoms with Gasteiger partial charge in [-0.25, -0.2) is 4.79 Å². The fourth-order valence-electron chi connectivity index (χ4n) is 2.56. The summed E-state index contributed by atoms with van der Waals surface area (Å²) in [7, 11) is 0. The van der Waals surface area contributed by atoms with Gasteiger partial charge in [0, 0.05) is 12.1 Å². The number of ether oxygens (including phenoxy) is 1. The van der Waals surface area contributed by atoms with Gasteiger partial charge in [0.1, 0.15) is 17.9 Å². The number of aromatic hydroxyl groups is 1. The smallest absolute Gasteiger partial charge is 0.339 e.